The molecule has 0 atom stereocenters. The first kappa shape index (κ1) is 15.3. The summed E-state index contributed by atoms with van der Waals surface area (Å²) < 4.78 is 11.0. The van der Waals surface area contributed by atoms with Crippen molar-refractivity contribution < 1.29 is 9.47 Å². The Morgan fingerprint density at radius 3 is 2.57 bits per heavy atom. The highest BCUT2D eigenvalue weighted by Gasteiger charge is 2.07. The van der Waals surface area contributed by atoms with E-state index in [4.69, 9.17) is 9.47 Å². The van der Waals surface area contributed by atoms with Gasteiger partial charge in [0.2, 0.25) is 0 Å². The van der Waals surface area contributed by atoms with Gasteiger partial charge in [0.25, 0.3) is 0 Å². The predicted molar refractivity (Wildman–Crippen MR) is 84.5 cm³/mol. The number of nitrogens with zero attached hydrogens (tertiary/aromatic N) is 1. The summed E-state index contributed by atoms with van der Waals surface area (Å²) in [6, 6.07) is 12.0. The van der Waals surface area contributed by atoms with Crippen molar-refractivity contribution >= 4 is 5.82 Å². The summed E-state index contributed by atoms with van der Waals surface area (Å²) in [5.41, 5.74) is 2.37. The molecule has 1 aromatic carbocycles. The van der Waals surface area contributed by atoms with Gasteiger partial charge >= 0.3 is 0 Å². The van der Waals surface area contributed by atoms with E-state index in [1.807, 2.05) is 38.1 Å². The first-order chi connectivity index (χ1) is 10.2. The maximum Gasteiger partial charge on any atom is 0.169 e. The van der Waals surface area contributed by atoms with E-state index in [0.29, 0.717) is 13.2 Å². The lowest BCUT2D eigenvalue weighted by molar-refractivity contribution is 0.184. The number of hydrogen-bond donors (Lipinski definition) is 1. The summed E-state index contributed by atoms with van der Waals surface area (Å²) in [7, 11) is 1.71. The molecule has 0 amide bonds. The van der Waals surface area contributed by atoms with Crippen molar-refractivity contribution in [2.45, 2.75) is 33.1 Å². The molecule has 2 rings (SSSR count). The molecule has 2 aromatic rings. The van der Waals surface area contributed by atoms with Gasteiger partial charge in [-0.15, -0.1) is 0 Å². The Kier molecular flexibility index (Phi) is 5.58. The van der Waals surface area contributed by atoms with Crippen LogP contribution in [0.25, 0.3) is 0 Å². The monoisotopic (exact) mass is 286 g/mol. The first-order valence-electron chi connectivity index (χ1n) is 7.12. The van der Waals surface area contributed by atoms with Crippen molar-refractivity contribution in [3.05, 3.63) is 53.7 Å². The van der Waals surface area contributed by atoms with Crippen LogP contribution in [0.4, 0.5) is 5.82 Å². The zero-order valence-corrected chi connectivity index (χ0v) is 12.8. The number of anilines is 1. The molecule has 1 N–H and O–H groups in total. The number of nitrogens with one attached hydrogen (secondary N) is 1. The van der Waals surface area contributed by atoms with E-state index in [0.717, 1.165) is 11.6 Å². The standard InChI is InChI=1S/C17H22N2O2/c1-13(2)21-16-9-6-10-18-17(16)19-11-14-7-4-5-8-15(14)12-20-3/h4-10,13H,11-12H2,1-3H3,(H,18,19). The Morgan fingerprint density at radius 1 is 1.10 bits per heavy atom. The van der Waals surface area contributed by atoms with Gasteiger partial charge in [-0.25, -0.2) is 4.98 Å². The number of pyridine rings is 1. The van der Waals surface area contributed by atoms with Gasteiger partial charge in [-0.3, -0.25) is 0 Å². The molecule has 0 saturated carbocycles. The summed E-state index contributed by atoms with van der Waals surface area (Å²) in [4.78, 5) is 4.36. The number of benzene rings is 1. The third kappa shape index (κ3) is 4.46. The van der Waals surface area contributed by atoms with Crippen LogP contribution in [0, 0.1) is 0 Å². The van der Waals surface area contributed by atoms with Gasteiger partial charge in [0.15, 0.2) is 11.6 Å². The van der Waals surface area contributed by atoms with Crippen LogP contribution in [0.3, 0.4) is 0 Å². The van der Waals surface area contributed by atoms with E-state index in [9.17, 15) is 0 Å². The van der Waals surface area contributed by atoms with E-state index >= 15 is 0 Å². The van der Waals surface area contributed by atoms with Gasteiger partial charge in [0.05, 0.1) is 12.7 Å². The Hall–Kier alpha value is -2.07. The molecule has 4 heteroatoms. The van der Waals surface area contributed by atoms with Crippen molar-refractivity contribution in [1.82, 2.24) is 4.98 Å². The quantitative estimate of drug-likeness (QED) is 0.844. The van der Waals surface area contributed by atoms with Crippen LogP contribution < -0.4 is 10.1 Å². The second-order valence-electron chi connectivity index (χ2n) is 5.07. The van der Waals surface area contributed by atoms with Crippen molar-refractivity contribution in [2.24, 2.45) is 0 Å². The van der Waals surface area contributed by atoms with Crippen molar-refractivity contribution in [3.8, 4) is 5.75 Å². The van der Waals surface area contributed by atoms with E-state index in [2.05, 4.69) is 22.4 Å². The minimum Gasteiger partial charge on any atom is -0.487 e. The average Bonchev–Trinajstić information content (AvgIpc) is 2.47. The van der Waals surface area contributed by atoms with Crippen LogP contribution in [0.2, 0.25) is 0 Å². The largest absolute Gasteiger partial charge is 0.487 e. The molecule has 4 nitrogen and oxygen atoms in total. The maximum absolute atomic E-state index is 5.76. The van der Waals surface area contributed by atoms with Gasteiger partial charge in [0, 0.05) is 19.9 Å². The van der Waals surface area contributed by atoms with E-state index < -0.39 is 0 Å². The number of rotatable bonds is 7. The summed E-state index contributed by atoms with van der Waals surface area (Å²) in [5, 5.41) is 3.34. The fraction of sp³-hybridized carbons (Fsp3) is 0.353. The van der Waals surface area contributed by atoms with E-state index in [1.54, 1.807) is 13.3 Å². The highest BCUT2D eigenvalue weighted by molar-refractivity contribution is 5.50. The first-order valence-corrected chi connectivity index (χ1v) is 7.12. The van der Waals surface area contributed by atoms with E-state index in [1.165, 1.54) is 11.1 Å². The molecular weight excluding hydrogens is 264 g/mol. The summed E-state index contributed by atoms with van der Waals surface area (Å²) >= 11 is 0. The highest BCUT2D eigenvalue weighted by Crippen LogP contribution is 2.23. The van der Waals surface area contributed by atoms with Crippen molar-refractivity contribution in [3.63, 3.8) is 0 Å². The third-order valence-corrected chi connectivity index (χ3v) is 3.00. The second-order valence-corrected chi connectivity index (χ2v) is 5.07. The molecule has 112 valence electrons. The molecule has 21 heavy (non-hydrogen) atoms. The zero-order chi connectivity index (χ0) is 15.1. The molecule has 0 radical (unpaired) electrons. The molecular formula is C17H22N2O2. The molecule has 0 spiro atoms. The minimum atomic E-state index is 0.121. The normalized spacial score (nSPS) is 10.7. The molecule has 0 bridgehead atoms. The van der Waals surface area contributed by atoms with Crippen molar-refractivity contribution in [2.75, 3.05) is 12.4 Å². The Morgan fingerprint density at radius 2 is 1.86 bits per heavy atom. The number of aromatic nitrogens is 1. The minimum absolute atomic E-state index is 0.121. The Bertz CT molecular complexity index is 570. The number of hydrogen-bond acceptors (Lipinski definition) is 4. The maximum atomic E-state index is 5.76. The topological polar surface area (TPSA) is 43.4 Å². The molecule has 0 aliphatic rings. The van der Waals surface area contributed by atoms with Crippen LogP contribution >= 0.6 is 0 Å². The van der Waals surface area contributed by atoms with Crippen molar-refractivity contribution in [1.29, 1.82) is 0 Å². The Balaban J connectivity index is 2.10. The molecule has 0 unspecified atom stereocenters. The molecule has 1 heterocycles. The van der Waals surface area contributed by atoms with Gasteiger partial charge < -0.3 is 14.8 Å². The smallest absolute Gasteiger partial charge is 0.169 e. The fourth-order valence-electron chi connectivity index (χ4n) is 2.08. The summed E-state index contributed by atoms with van der Waals surface area (Å²) in [5.74, 6) is 1.54. The van der Waals surface area contributed by atoms with Gasteiger partial charge in [-0.2, -0.15) is 0 Å². The van der Waals surface area contributed by atoms with Gasteiger partial charge in [-0.1, -0.05) is 24.3 Å². The number of ether oxygens (including phenoxy) is 2. The molecule has 0 fully saturated rings. The average molecular weight is 286 g/mol. The lowest BCUT2D eigenvalue weighted by Gasteiger charge is -2.15. The third-order valence-electron chi connectivity index (χ3n) is 3.00. The molecule has 0 aliphatic heterocycles. The molecule has 1 aromatic heterocycles. The fourth-order valence-corrected chi connectivity index (χ4v) is 2.08. The van der Waals surface area contributed by atoms with Gasteiger partial charge in [0.1, 0.15) is 0 Å². The van der Waals surface area contributed by atoms with Crippen LogP contribution in [-0.2, 0) is 17.9 Å². The summed E-state index contributed by atoms with van der Waals surface area (Å²) in [6.45, 7) is 5.30. The Labute approximate surface area is 126 Å². The predicted octanol–water partition coefficient (Wildman–Crippen LogP) is 3.63. The van der Waals surface area contributed by atoms with Gasteiger partial charge in [-0.05, 0) is 37.1 Å². The number of methoxy groups -OCH3 is 1. The van der Waals surface area contributed by atoms with Crippen LogP contribution in [0.15, 0.2) is 42.6 Å². The SMILES string of the molecule is COCc1ccccc1CNc1ncccc1OC(C)C. The molecule has 0 saturated heterocycles. The van der Waals surface area contributed by atoms with Crippen LogP contribution in [0.1, 0.15) is 25.0 Å². The second kappa shape index (κ2) is 7.64. The molecule has 0 aliphatic carbocycles. The lowest BCUT2D eigenvalue weighted by Crippen LogP contribution is -2.10. The summed E-state index contributed by atoms with van der Waals surface area (Å²) in [6.07, 6.45) is 1.88. The van der Waals surface area contributed by atoms with Crippen LogP contribution in [-0.4, -0.2) is 18.2 Å². The van der Waals surface area contributed by atoms with E-state index in [-0.39, 0.29) is 6.10 Å². The highest BCUT2D eigenvalue weighted by atomic mass is 16.5. The van der Waals surface area contributed by atoms with Crippen LogP contribution in [0.5, 0.6) is 5.75 Å². The lowest BCUT2D eigenvalue weighted by atomic mass is 10.1. The zero-order valence-electron chi connectivity index (χ0n) is 12.8.